The van der Waals surface area contributed by atoms with E-state index in [2.05, 4.69) is 4.98 Å². The fraction of sp³-hybridized carbons (Fsp3) is 0.0556. The predicted octanol–water partition coefficient (Wildman–Crippen LogP) is 3.24. The number of sulfonamides is 1. The monoisotopic (exact) mass is 360 g/mol. The van der Waals surface area contributed by atoms with Crippen molar-refractivity contribution in [2.75, 3.05) is 0 Å². The van der Waals surface area contributed by atoms with E-state index in [4.69, 9.17) is 10.2 Å². The number of benzene rings is 2. The highest BCUT2D eigenvalue weighted by Crippen LogP contribution is 2.24. The summed E-state index contributed by atoms with van der Waals surface area (Å²) in [4.78, 5) is 3.80. The van der Waals surface area contributed by atoms with Crippen molar-refractivity contribution >= 4 is 10.0 Å². The van der Waals surface area contributed by atoms with Crippen LogP contribution in [0.25, 0.3) is 11.3 Å². The van der Waals surface area contributed by atoms with Crippen LogP contribution in [0.15, 0.2) is 71.8 Å². The number of hydrogen-bond acceptors (Lipinski definition) is 4. The smallest absolute Gasteiger partial charge is 0.238 e. The zero-order chi connectivity index (χ0) is 18.4. The molecule has 0 aliphatic carbocycles. The number of halogens is 1. The predicted molar refractivity (Wildman–Crippen MR) is 93.8 cm³/mol. The molecule has 3 rings (SSSR count). The molecule has 0 saturated carbocycles. The fourth-order valence-corrected chi connectivity index (χ4v) is 2.77. The Morgan fingerprint density at radius 2 is 1.64 bits per heavy atom. The first-order valence-electron chi connectivity index (χ1n) is 7.27. The molecule has 5 nitrogen and oxygen atoms in total. The number of aryl methyl sites for hydroxylation is 1. The third kappa shape index (κ3) is 5.10. The molecule has 0 spiro atoms. The maximum atomic E-state index is 12.7. The number of hydrogen-bond donors (Lipinski definition) is 2. The molecule has 2 aromatic carbocycles. The van der Waals surface area contributed by atoms with Gasteiger partial charge in [-0.25, -0.2) is 17.9 Å². The summed E-state index contributed by atoms with van der Waals surface area (Å²) in [6, 6.07) is 16.0. The summed E-state index contributed by atoms with van der Waals surface area (Å²) in [7, 11) is -3.83. The summed E-state index contributed by atoms with van der Waals surface area (Å²) < 4.78 is 35.5. The van der Waals surface area contributed by atoms with Crippen molar-refractivity contribution in [3.05, 3.63) is 78.2 Å². The number of nitrogens with two attached hydrogens (primary N) is 1. The van der Waals surface area contributed by atoms with Crippen molar-refractivity contribution in [1.82, 2.24) is 4.98 Å². The Hall–Kier alpha value is -2.77. The van der Waals surface area contributed by atoms with Crippen molar-refractivity contribution in [1.29, 1.82) is 0 Å². The summed E-state index contributed by atoms with van der Waals surface area (Å²) in [5.41, 5.74) is 1.64. The van der Waals surface area contributed by atoms with Crippen LogP contribution < -0.4 is 5.14 Å². The number of phenolic OH excluding ortho intramolecular Hbond substituents is 1. The van der Waals surface area contributed by atoms with Crippen molar-refractivity contribution in [3.8, 4) is 17.0 Å². The van der Waals surface area contributed by atoms with Gasteiger partial charge in [-0.15, -0.1) is 0 Å². The van der Waals surface area contributed by atoms with Crippen LogP contribution in [0.5, 0.6) is 5.75 Å². The number of nitrogens with zero attached hydrogens (tertiary/aromatic N) is 1. The Kier molecular flexibility index (Phi) is 5.84. The number of pyridine rings is 1. The summed E-state index contributed by atoms with van der Waals surface area (Å²) in [6.07, 6.45) is 1.02. The second-order valence-electron chi connectivity index (χ2n) is 5.19. The Morgan fingerprint density at radius 3 is 2.16 bits per heavy atom. The van der Waals surface area contributed by atoms with Gasteiger partial charge in [0.15, 0.2) is 0 Å². The van der Waals surface area contributed by atoms with Gasteiger partial charge < -0.3 is 5.11 Å². The molecular weight excluding hydrogens is 343 g/mol. The zero-order valence-corrected chi connectivity index (χ0v) is 14.2. The molecule has 0 unspecified atom stereocenters. The lowest BCUT2D eigenvalue weighted by molar-refractivity contribution is 0.471. The van der Waals surface area contributed by atoms with Crippen molar-refractivity contribution in [3.63, 3.8) is 0 Å². The first-order chi connectivity index (χ1) is 11.8. The maximum Gasteiger partial charge on any atom is 0.238 e. The summed E-state index contributed by atoms with van der Waals surface area (Å²) >= 11 is 0. The number of para-hydroxylation sites is 1. The summed E-state index contributed by atoms with van der Waals surface area (Å²) in [5.74, 6) is -0.116. The Labute approximate surface area is 145 Å². The second kappa shape index (κ2) is 7.87. The van der Waals surface area contributed by atoms with Crippen molar-refractivity contribution in [2.24, 2.45) is 5.14 Å². The number of primary sulfonamides is 1. The summed E-state index contributed by atoms with van der Waals surface area (Å²) in [5, 5.41) is 14.0. The lowest BCUT2D eigenvalue weighted by Gasteiger charge is -2.06. The highest BCUT2D eigenvalue weighted by molar-refractivity contribution is 7.89. The fourth-order valence-electron chi connectivity index (χ4n) is 2.02. The minimum atomic E-state index is -3.83. The standard InChI is InChI=1S/C11H9FN2O2S.C7H8O/c12-8-5-6-10(14-7-8)9-3-1-2-4-11(9)17(13,15)16;1-6-4-2-3-5-7(6)8/h1-7H,(H2,13,15,16);2-5,8H,1H3. The molecule has 1 aromatic heterocycles. The van der Waals surface area contributed by atoms with Crippen LogP contribution in [-0.2, 0) is 10.0 Å². The van der Waals surface area contributed by atoms with Gasteiger partial charge in [-0.1, -0.05) is 36.4 Å². The van der Waals surface area contributed by atoms with Gasteiger partial charge in [0.25, 0.3) is 0 Å². The second-order valence-corrected chi connectivity index (χ2v) is 6.72. The minimum Gasteiger partial charge on any atom is -0.508 e. The van der Waals surface area contributed by atoms with Crippen molar-refractivity contribution < 1.29 is 17.9 Å². The highest BCUT2D eigenvalue weighted by Gasteiger charge is 2.15. The SMILES string of the molecule is Cc1ccccc1O.NS(=O)(=O)c1ccccc1-c1ccc(F)cn1. The number of aromatic nitrogens is 1. The van der Waals surface area contributed by atoms with Gasteiger partial charge in [0.2, 0.25) is 10.0 Å². The third-order valence-electron chi connectivity index (χ3n) is 3.31. The average molecular weight is 360 g/mol. The van der Waals surface area contributed by atoms with Gasteiger partial charge in [0.1, 0.15) is 11.6 Å². The molecule has 0 bridgehead atoms. The molecule has 25 heavy (non-hydrogen) atoms. The Bertz CT molecular complexity index is 937. The third-order valence-corrected chi connectivity index (χ3v) is 4.28. The van der Waals surface area contributed by atoms with E-state index in [1.54, 1.807) is 24.3 Å². The molecule has 0 atom stereocenters. The van der Waals surface area contributed by atoms with Crippen LogP contribution in [0.1, 0.15) is 5.56 Å². The van der Waals surface area contributed by atoms with E-state index in [9.17, 15) is 12.8 Å². The summed E-state index contributed by atoms with van der Waals surface area (Å²) in [6.45, 7) is 1.87. The van der Waals surface area contributed by atoms with Gasteiger partial charge in [0.05, 0.1) is 16.8 Å². The lowest BCUT2D eigenvalue weighted by Crippen LogP contribution is -2.13. The van der Waals surface area contributed by atoms with Crippen LogP contribution in [-0.4, -0.2) is 18.5 Å². The molecule has 0 saturated heterocycles. The van der Waals surface area contributed by atoms with Gasteiger partial charge in [0, 0.05) is 5.56 Å². The van der Waals surface area contributed by atoms with E-state index < -0.39 is 15.8 Å². The molecule has 0 amide bonds. The van der Waals surface area contributed by atoms with E-state index in [0.717, 1.165) is 11.8 Å². The Balaban J connectivity index is 0.000000236. The highest BCUT2D eigenvalue weighted by atomic mass is 32.2. The van der Waals surface area contributed by atoms with Crippen LogP contribution in [0.4, 0.5) is 4.39 Å². The average Bonchev–Trinajstić information content (AvgIpc) is 2.58. The van der Waals surface area contributed by atoms with Crippen LogP contribution in [0.2, 0.25) is 0 Å². The topological polar surface area (TPSA) is 93.3 Å². The molecule has 1 heterocycles. The number of aromatic hydroxyl groups is 1. The molecule has 0 aliphatic heterocycles. The molecular formula is C18H17FN2O3S. The van der Waals surface area contributed by atoms with Crippen molar-refractivity contribution in [2.45, 2.75) is 11.8 Å². The molecule has 0 radical (unpaired) electrons. The first kappa shape index (κ1) is 18.6. The first-order valence-corrected chi connectivity index (χ1v) is 8.82. The quantitative estimate of drug-likeness (QED) is 0.734. The molecule has 7 heteroatoms. The van der Waals surface area contributed by atoms with Gasteiger partial charge in [-0.3, -0.25) is 4.98 Å². The molecule has 130 valence electrons. The largest absolute Gasteiger partial charge is 0.508 e. The van der Waals surface area contributed by atoms with E-state index >= 15 is 0 Å². The molecule has 0 fully saturated rings. The van der Waals surface area contributed by atoms with E-state index in [-0.39, 0.29) is 4.90 Å². The molecule has 3 N–H and O–H groups in total. The van der Waals surface area contributed by atoms with Crippen LogP contribution in [0, 0.1) is 12.7 Å². The molecule has 3 aromatic rings. The normalized spacial score (nSPS) is 10.7. The van der Waals surface area contributed by atoms with E-state index in [0.29, 0.717) is 17.0 Å². The van der Waals surface area contributed by atoms with Gasteiger partial charge in [-0.05, 0) is 36.8 Å². The zero-order valence-electron chi connectivity index (χ0n) is 13.4. The van der Waals surface area contributed by atoms with E-state index in [1.165, 1.54) is 18.2 Å². The molecule has 0 aliphatic rings. The maximum absolute atomic E-state index is 12.7. The van der Waals surface area contributed by atoms with Crippen LogP contribution >= 0.6 is 0 Å². The lowest BCUT2D eigenvalue weighted by atomic mass is 10.1. The number of phenols is 1. The van der Waals surface area contributed by atoms with E-state index in [1.807, 2.05) is 25.1 Å². The number of rotatable bonds is 2. The Morgan fingerprint density at radius 1 is 1.00 bits per heavy atom. The minimum absolute atomic E-state index is 0.0286. The van der Waals surface area contributed by atoms with Gasteiger partial charge in [-0.2, -0.15) is 0 Å². The van der Waals surface area contributed by atoms with Gasteiger partial charge >= 0.3 is 0 Å². The van der Waals surface area contributed by atoms with Crippen LogP contribution in [0.3, 0.4) is 0 Å².